The van der Waals surface area contributed by atoms with Gasteiger partial charge >= 0.3 is 0 Å². The number of carbonyl (C=O) groups excluding carboxylic acids is 1. The van der Waals surface area contributed by atoms with Crippen LogP contribution in [0.15, 0.2) is 78.9 Å². The summed E-state index contributed by atoms with van der Waals surface area (Å²) in [5.41, 5.74) is 1.69. The predicted molar refractivity (Wildman–Crippen MR) is 103 cm³/mol. The number of amides is 1. The Morgan fingerprint density at radius 1 is 0.846 bits per heavy atom. The lowest BCUT2D eigenvalue weighted by atomic mass is 10.2. The van der Waals surface area contributed by atoms with Crippen LogP contribution in [0.2, 0.25) is 0 Å². The van der Waals surface area contributed by atoms with Crippen LogP contribution in [0.4, 0.5) is 5.69 Å². The van der Waals surface area contributed by atoms with Gasteiger partial charge in [-0.05, 0) is 61.9 Å². The van der Waals surface area contributed by atoms with Crippen LogP contribution < -0.4 is 14.8 Å². The molecule has 4 heteroatoms. The van der Waals surface area contributed by atoms with Gasteiger partial charge in [0.2, 0.25) is 0 Å². The zero-order valence-corrected chi connectivity index (χ0v) is 14.8. The number of anilines is 1. The normalized spacial score (nSPS) is 11.5. The maximum absolute atomic E-state index is 12.3. The minimum Gasteiger partial charge on any atom is -0.481 e. The number of carbonyl (C=O) groups is 1. The summed E-state index contributed by atoms with van der Waals surface area (Å²) in [7, 11) is 0. The highest BCUT2D eigenvalue weighted by Gasteiger charge is 2.15. The summed E-state index contributed by atoms with van der Waals surface area (Å²) in [6.07, 6.45) is -0.601. The topological polar surface area (TPSA) is 47.6 Å². The standard InChI is InChI=1S/C22H21NO3/c1-16-8-6-7-11-21(16)25-17(2)22(24)23-18-12-14-20(15-13-18)26-19-9-4-3-5-10-19/h3-15,17H,1-2H3,(H,23,24)/t17-/m0/s1. The molecule has 26 heavy (non-hydrogen) atoms. The van der Waals surface area contributed by atoms with Crippen LogP contribution in [0.1, 0.15) is 12.5 Å². The van der Waals surface area contributed by atoms with E-state index in [0.29, 0.717) is 17.2 Å². The van der Waals surface area contributed by atoms with Gasteiger partial charge in [-0.2, -0.15) is 0 Å². The van der Waals surface area contributed by atoms with Crippen LogP contribution in [0.5, 0.6) is 17.2 Å². The highest BCUT2D eigenvalue weighted by atomic mass is 16.5. The van der Waals surface area contributed by atoms with Crippen molar-refractivity contribution in [3.8, 4) is 17.2 Å². The molecule has 4 nitrogen and oxygen atoms in total. The number of rotatable bonds is 6. The summed E-state index contributed by atoms with van der Waals surface area (Å²) < 4.78 is 11.5. The first kappa shape index (κ1) is 17.5. The molecule has 0 heterocycles. The molecule has 0 radical (unpaired) electrons. The van der Waals surface area contributed by atoms with Crippen molar-refractivity contribution in [2.24, 2.45) is 0 Å². The number of aryl methyl sites for hydroxylation is 1. The molecule has 0 unspecified atom stereocenters. The van der Waals surface area contributed by atoms with E-state index in [2.05, 4.69) is 5.32 Å². The lowest BCUT2D eigenvalue weighted by Crippen LogP contribution is -2.30. The fourth-order valence-electron chi connectivity index (χ4n) is 2.41. The SMILES string of the molecule is Cc1ccccc1O[C@@H](C)C(=O)Nc1ccc(Oc2ccccc2)cc1. The van der Waals surface area contributed by atoms with Crippen LogP contribution in [0.3, 0.4) is 0 Å². The summed E-state index contributed by atoms with van der Waals surface area (Å²) in [4.78, 5) is 12.3. The second-order valence-electron chi connectivity index (χ2n) is 5.95. The van der Waals surface area contributed by atoms with Crippen molar-refractivity contribution in [1.29, 1.82) is 0 Å². The predicted octanol–water partition coefficient (Wildman–Crippen LogP) is 5.19. The van der Waals surface area contributed by atoms with Gasteiger partial charge in [-0.25, -0.2) is 0 Å². The fraction of sp³-hybridized carbons (Fsp3) is 0.136. The molecular formula is C22H21NO3. The highest BCUT2D eigenvalue weighted by molar-refractivity contribution is 5.94. The smallest absolute Gasteiger partial charge is 0.265 e. The molecule has 0 aliphatic heterocycles. The van der Waals surface area contributed by atoms with Crippen molar-refractivity contribution in [2.75, 3.05) is 5.32 Å². The van der Waals surface area contributed by atoms with Crippen LogP contribution in [-0.2, 0) is 4.79 Å². The lowest BCUT2D eigenvalue weighted by molar-refractivity contribution is -0.122. The van der Waals surface area contributed by atoms with Crippen LogP contribution in [0.25, 0.3) is 0 Å². The minimum absolute atomic E-state index is 0.204. The van der Waals surface area contributed by atoms with Gasteiger partial charge in [0.05, 0.1) is 0 Å². The molecule has 0 fully saturated rings. The minimum atomic E-state index is -0.601. The summed E-state index contributed by atoms with van der Waals surface area (Å²) in [6, 6.07) is 24.4. The molecule has 0 aliphatic carbocycles. The number of benzene rings is 3. The number of nitrogens with one attached hydrogen (secondary N) is 1. The second kappa shape index (κ2) is 8.21. The number of para-hydroxylation sites is 2. The number of hydrogen-bond acceptors (Lipinski definition) is 3. The van der Waals surface area contributed by atoms with E-state index in [1.165, 1.54) is 0 Å². The maximum Gasteiger partial charge on any atom is 0.265 e. The molecule has 0 spiro atoms. The first-order valence-electron chi connectivity index (χ1n) is 8.48. The Hall–Kier alpha value is -3.27. The van der Waals surface area contributed by atoms with E-state index in [1.54, 1.807) is 19.1 Å². The fourth-order valence-corrected chi connectivity index (χ4v) is 2.41. The van der Waals surface area contributed by atoms with Crippen molar-refractivity contribution in [2.45, 2.75) is 20.0 Å². The summed E-state index contributed by atoms with van der Waals surface area (Å²) in [6.45, 7) is 3.68. The summed E-state index contributed by atoms with van der Waals surface area (Å²) >= 11 is 0. The van der Waals surface area contributed by atoms with Crippen LogP contribution in [-0.4, -0.2) is 12.0 Å². The van der Waals surface area contributed by atoms with Crippen molar-refractivity contribution >= 4 is 11.6 Å². The zero-order valence-electron chi connectivity index (χ0n) is 14.8. The van der Waals surface area contributed by atoms with E-state index in [1.807, 2.05) is 73.7 Å². The molecule has 1 atom stereocenters. The Kier molecular flexibility index (Phi) is 5.54. The Balaban J connectivity index is 1.58. The Bertz CT molecular complexity index is 860. The van der Waals surface area contributed by atoms with E-state index in [0.717, 1.165) is 11.3 Å². The van der Waals surface area contributed by atoms with E-state index in [9.17, 15) is 4.79 Å². The third-order valence-corrected chi connectivity index (χ3v) is 3.87. The van der Waals surface area contributed by atoms with Crippen LogP contribution in [0, 0.1) is 6.92 Å². The van der Waals surface area contributed by atoms with Gasteiger partial charge in [0.25, 0.3) is 5.91 Å². The third kappa shape index (κ3) is 4.63. The quantitative estimate of drug-likeness (QED) is 0.667. The molecular weight excluding hydrogens is 326 g/mol. The molecule has 3 aromatic carbocycles. The third-order valence-electron chi connectivity index (χ3n) is 3.87. The highest BCUT2D eigenvalue weighted by Crippen LogP contribution is 2.23. The molecule has 3 rings (SSSR count). The van der Waals surface area contributed by atoms with Gasteiger partial charge in [-0.3, -0.25) is 4.79 Å². The molecule has 0 saturated heterocycles. The average molecular weight is 347 g/mol. The molecule has 1 N–H and O–H groups in total. The Labute approximate surface area is 153 Å². The monoisotopic (exact) mass is 347 g/mol. The van der Waals surface area contributed by atoms with E-state index in [-0.39, 0.29) is 5.91 Å². The molecule has 0 aliphatic rings. The molecule has 3 aromatic rings. The largest absolute Gasteiger partial charge is 0.481 e. The molecule has 0 saturated carbocycles. The van der Waals surface area contributed by atoms with Gasteiger partial charge in [-0.1, -0.05) is 36.4 Å². The van der Waals surface area contributed by atoms with Gasteiger partial charge in [0.15, 0.2) is 6.10 Å². The maximum atomic E-state index is 12.3. The van der Waals surface area contributed by atoms with Crippen molar-refractivity contribution < 1.29 is 14.3 Å². The Morgan fingerprint density at radius 2 is 1.46 bits per heavy atom. The van der Waals surface area contributed by atoms with Crippen molar-refractivity contribution in [3.63, 3.8) is 0 Å². The molecule has 0 aromatic heterocycles. The van der Waals surface area contributed by atoms with Gasteiger partial charge in [0.1, 0.15) is 17.2 Å². The van der Waals surface area contributed by atoms with Gasteiger partial charge < -0.3 is 14.8 Å². The summed E-state index contributed by atoms with van der Waals surface area (Å²) in [5.74, 6) is 1.98. The van der Waals surface area contributed by atoms with Crippen LogP contribution >= 0.6 is 0 Å². The van der Waals surface area contributed by atoms with E-state index in [4.69, 9.17) is 9.47 Å². The number of ether oxygens (including phenoxy) is 2. The molecule has 1 amide bonds. The zero-order chi connectivity index (χ0) is 18.4. The van der Waals surface area contributed by atoms with Crippen molar-refractivity contribution in [1.82, 2.24) is 0 Å². The average Bonchev–Trinajstić information content (AvgIpc) is 2.66. The summed E-state index contributed by atoms with van der Waals surface area (Å²) in [5, 5.41) is 2.85. The molecule has 0 bridgehead atoms. The van der Waals surface area contributed by atoms with Crippen molar-refractivity contribution in [3.05, 3.63) is 84.4 Å². The number of hydrogen-bond donors (Lipinski definition) is 1. The molecule has 132 valence electrons. The van der Waals surface area contributed by atoms with Gasteiger partial charge in [0, 0.05) is 5.69 Å². The first-order valence-corrected chi connectivity index (χ1v) is 8.48. The van der Waals surface area contributed by atoms with Gasteiger partial charge in [-0.15, -0.1) is 0 Å². The second-order valence-corrected chi connectivity index (χ2v) is 5.95. The van der Waals surface area contributed by atoms with E-state index < -0.39 is 6.10 Å². The first-order chi connectivity index (χ1) is 12.6. The van der Waals surface area contributed by atoms with E-state index >= 15 is 0 Å². The lowest BCUT2D eigenvalue weighted by Gasteiger charge is -2.16. The Morgan fingerprint density at radius 3 is 2.15 bits per heavy atom.